The first kappa shape index (κ1) is 8.99. The van der Waals surface area contributed by atoms with Crippen LogP contribution in [0.3, 0.4) is 0 Å². The third kappa shape index (κ3) is 2.43. The van der Waals surface area contributed by atoms with Gasteiger partial charge in [0.15, 0.2) is 5.96 Å². The molecule has 0 bridgehead atoms. The van der Waals surface area contributed by atoms with Crippen molar-refractivity contribution in [2.24, 2.45) is 4.99 Å². The fourth-order valence-corrected chi connectivity index (χ4v) is 2.93. The SMILES string of the molecule is O=S1CCC(NC2=NCCN2)CC1. The molecule has 2 N–H and O–H groups in total. The maximum atomic E-state index is 11.1. The summed E-state index contributed by atoms with van der Waals surface area (Å²) in [7, 11) is -0.564. The summed E-state index contributed by atoms with van der Waals surface area (Å²) >= 11 is 0. The van der Waals surface area contributed by atoms with Gasteiger partial charge < -0.3 is 10.6 Å². The van der Waals surface area contributed by atoms with Crippen LogP contribution in [0.1, 0.15) is 12.8 Å². The minimum absolute atomic E-state index is 0.474. The Morgan fingerprint density at radius 1 is 1.46 bits per heavy atom. The number of aliphatic imine (C=N–C) groups is 1. The maximum Gasteiger partial charge on any atom is 0.191 e. The highest BCUT2D eigenvalue weighted by molar-refractivity contribution is 7.85. The minimum atomic E-state index is -0.564. The van der Waals surface area contributed by atoms with Crippen molar-refractivity contribution in [3.63, 3.8) is 0 Å². The Morgan fingerprint density at radius 2 is 2.23 bits per heavy atom. The van der Waals surface area contributed by atoms with E-state index < -0.39 is 10.8 Å². The predicted octanol–water partition coefficient (Wildman–Crippen LogP) is -0.554. The van der Waals surface area contributed by atoms with Crippen molar-refractivity contribution in [3.05, 3.63) is 0 Å². The highest BCUT2D eigenvalue weighted by atomic mass is 32.2. The Labute approximate surface area is 80.7 Å². The number of nitrogens with zero attached hydrogens (tertiary/aromatic N) is 1. The maximum absolute atomic E-state index is 11.1. The lowest BCUT2D eigenvalue weighted by molar-refractivity contribution is 0.546. The molecule has 0 atom stereocenters. The van der Waals surface area contributed by atoms with Gasteiger partial charge in [0.05, 0.1) is 6.54 Å². The molecule has 0 amide bonds. The zero-order valence-electron chi connectivity index (χ0n) is 7.58. The molecule has 2 aliphatic heterocycles. The first-order chi connectivity index (χ1) is 6.34. The molecule has 2 rings (SSSR count). The van der Waals surface area contributed by atoms with E-state index in [2.05, 4.69) is 15.6 Å². The van der Waals surface area contributed by atoms with E-state index in [1.165, 1.54) is 0 Å². The number of rotatable bonds is 1. The molecule has 0 saturated carbocycles. The summed E-state index contributed by atoms with van der Waals surface area (Å²) in [6.07, 6.45) is 2.01. The van der Waals surface area contributed by atoms with Crippen LogP contribution in [0.5, 0.6) is 0 Å². The molecule has 0 aromatic carbocycles. The molecule has 5 heteroatoms. The number of hydrogen-bond acceptors (Lipinski definition) is 4. The smallest absolute Gasteiger partial charge is 0.191 e. The lowest BCUT2D eigenvalue weighted by Gasteiger charge is -2.23. The van der Waals surface area contributed by atoms with E-state index in [1.54, 1.807) is 0 Å². The number of nitrogens with one attached hydrogen (secondary N) is 2. The minimum Gasteiger partial charge on any atom is -0.355 e. The van der Waals surface area contributed by atoms with E-state index in [1.807, 2.05) is 0 Å². The van der Waals surface area contributed by atoms with Gasteiger partial charge in [-0.05, 0) is 12.8 Å². The first-order valence-electron chi connectivity index (χ1n) is 4.74. The summed E-state index contributed by atoms with van der Waals surface area (Å²) in [6.45, 7) is 1.82. The van der Waals surface area contributed by atoms with Crippen LogP contribution in [-0.2, 0) is 10.8 Å². The van der Waals surface area contributed by atoms with Crippen molar-refractivity contribution in [1.29, 1.82) is 0 Å². The van der Waals surface area contributed by atoms with Gasteiger partial charge in [0.2, 0.25) is 0 Å². The Bertz CT molecular complexity index is 232. The van der Waals surface area contributed by atoms with E-state index in [9.17, 15) is 4.21 Å². The van der Waals surface area contributed by atoms with Gasteiger partial charge in [-0.15, -0.1) is 0 Å². The second-order valence-corrected chi connectivity index (χ2v) is 5.12. The molecule has 74 valence electrons. The van der Waals surface area contributed by atoms with Crippen LogP contribution >= 0.6 is 0 Å². The molecule has 0 spiro atoms. The van der Waals surface area contributed by atoms with Gasteiger partial charge >= 0.3 is 0 Å². The van der Waals surface area contributed by atoms with Gasteiger partial charge in [-0.2, -0.15) is 0 Å². The molecule has 0 aromatic heterocycles. The molecule has 1 saturated heterocycles. The largest absolute Gasteiger partial charge is 0.355 e. The van der Waals surface area contributed by atoms with Gasteiger partial charge in [-0.25, -0.2) is 0 Å². The highest BCUT2D eigenvalue weighted by Crippen LogP contribution is 2.08. The summed E-state index contributed by atoms with van der Waals surface area (Å²) < 4.78 is 11.1. The quantitative estimate of drug-likeness (QED) is 0.598. The molecule has 2 aliphatic rings. The molecule has 1 fully saturated rings. The Balaban J connectivity index is 1.78. The van der Waals surface area contributed by atoms with E-state index >= 15 is 0 Å². The van der Waals surface area contributed by atoms with Crippen LogP contribution in [0, 0.1) is 0 Å². The highest BCUT2D eigenvalue weighted by Gasteiger charge is 2.19. The van der Waals surface area contributed by atoms with Crippen LogP contribution in [0.4, 0.5) is 0 Å². The molecule has 13 heavy (non-hydrogen) atoms. The van der Waals surface area contributed by atoms with E-state index in [-0.39, 0.29) is 0 Å². The third-order valence-corrected chi connectivity index (χ3v) is 3.79. The normalized spacial score (nSPS) is 33.7. The summed E-state index contributed by atoms with van der Waals surface area (Å²) in [5.41, 5.74) is 0. The van der Waals surface area contributed by atoms with Gasteiger partial charge in [0.25, 0.3) is 0 Å². The molecular formula is C8H15N3OS. The molecule has 0 aliphatic carbocycles. The summed E-state index contributed by atoms with van der Waals surface area (Å²) in [5.74, 6) is 2.60. The second kappa shape index (κ2) is 4.09. The fourth-order valence-electron chi connectivity index (χ4n) is 1.63. The van der Waals surface area contributed by atoms with Crippen LogP contribution in [-0.4, -0.2) is 40.8 Å². The van der Waals surface area contributed by atoms with Crippen molar-refractivity contribution in [1.82, 2.24) is 10.6 Å². The Morgan fingerprint density at radius 3 is 2.85 bits per heavy atom. The number of guanidine groups is 1. The molecule has 2 heterocycles. The van der Waals surface area contributed by atoms with E-state index in [0.29, 0.717) is 6.04 Å². The monoisotopic (exact) mass is 201 g/mol. The first-order valence-corrected chi connectivity index (χ1v) is 6.23. The van der Waals surface area contributed by atoms with Crippen LogP contribution in [0.25, 0.3) is 0 Å². The molecule has 0 radical (unpaired) electrons. The summed E-state index contributed by atoms with van der Waals surface area (Å²) in [5, 5.41) is 6.52. The van der Waals surface area contributed by atoms with Crippen molar-refractivity contribution in [2.75, 3.05) is 24.6 Å². The summed E-state index contributed by atoms with van der Waals surface area (Å²) in [4.78, 5) is 4.27. The topological polar surface area (TPSA) is 53.5 Å². The molecule has 4 nitrogen and oxygen atoms in total. The van der Waals surface area contributed by atoms with Gasteiger partial charge in [-0.1, -0.05) is 0 Å². The lowest BCUT2D eigenvalue weighted by atomic mass is 10.2. The van der Waals surface area contributed by atoms with Crippen LogP contribution in [0.2, 0.25) is 0 Å². The second-order valence-electron chi connectivity index (χ2n) is 3.42. The van der Waals surface area contributed by atoms with Crippen molar-refractivity contribution >= 4 is 16.8 Å². The molecular weight excluding hydrogens is 186 g/mol. The average molecular weight is 201 g/mol. The van der Waals surface area contributed by atoms with Crippen molar-refractivity contribution in [2.45, 2.75) is 18.9 Å². The van der Waals surface area contributed by atoms with Crippen LogP contribution < -0.4 is 10.6 Å². The molecule has 0 aromatic rings. The molecule has 0 unspecified atom stereocenters. The lowest BCUT2D eigenvalue weighted by Crippen LogP contribution is -2.44. The zero-order chi connectivity index (χ0) is 9.10. The predicted molar refractivity (Wildman–Crippen MR) is 54.3 cm³/mol. The average Bonchev–Trinajstić information content (AvgIpc) is 2.62. The summed E-state index contributed by atoms with van der Waals surface area (Å²) in [6, 6.07) is 0.474. The Hall–Kier alpha value is -0.580. The third-order valence-electron chi connectivity index (χ3n) is 2.40. The van der Waals surface area contributed by atoms with Crippen LogP contribution in [0.15, 0.2) is 4.99 Å². The zero-order valence-corrected chi connectivity index (χ0v) is 8.40. The van der Waals surface area contributed by atoms with Gasteiger partial charge in [0.1, 0.15) is 0 Å². The standard InChI is InChI=1S/C8H15N3OS/c12-13-5-1-7(2-6-13)11-8-9-3-4-10-8/h7H,1-6H2,(H2,9,10,11). The van der Waals surface area contributed by atoms with Crippen molar-refractivity contribution < 1.29 is 4.21 Å². The fraction of sp³-hybridized carbons (Fsp3) is 0.875. The van der Waals surface area contributed by atoms with Gasteiger partial charge in [-0.3, -0.25) is 9.20 Å². The Kier molecular flexibility index (Phi) is 2.83. The van der Waals surface area contributed by atoms with Gasteiger partial charge in [0, 0.05) is 34.9 Å². The number of hydrogen-bond donors (Lipinski definition) is 2. The van der Waals surface area contributed by atoms with E-state index in [0.717, 1.165) is 43.4 Å². The van der Waals surface area contributed by atoms with Crippen molar-refractivity contribution in [3.8, 4) is 0 Å². The van der Waals surface area contributed by atoms with E-state index in [4.69, 9.17) is 0 Å².